The molecular weight excluding hydrogens is 252 g/mol. The number of carbonyl (C=O) groups is 1. The number of benzene rings is 2. The average Bonchev–Trinajstić information content (AvgIpc) is 2.42. The zero-order valence-corrected chi connectivity index (χ0v) is 11.6. The Labute approximate surface area is 118 Å². The second-order valence-electron chi connectivity index (χ2n) is 4.72. The molecule has 0 unspecified atom stereocenters. The Morgan fingerprint density at radius 2 is 1.75 bits per heavy atom. The molecule has 1 amide bonds. The van der Waals surface area contributed by atoms with Gasteiger partial charge in [-0.3, -0.25) is 5.32 Å². The summed E-state index contributed by atoms with van der Waals surface area (Å²) < 4.78 is 5.19. The lowest BCUT2D eigenvalue weighted by molar-refractivity contribution is 0.155. The van der Waals surface area contributed by atoms with Crippen LogP contribution in [0.25, 0.3) is 0 Å². The molecule has 0 aliphatic carbocycles. The SMILES string of the molecule is Cc1cc(N)cc(C)c1NC(=O)OCc1ccccc1. The summed E-state index contributed by atoms with van der Waals surface area (Å²) in [6.07, 6.45) is -0.468. The van der Waals surface area contributed by atoms with E-state index in [4.69, 9.17) is 10.5 Å². The average molecular weight is 270 g/mol. The highest BCUT2D eigenvalue weighted by molar-refractivity contribution is 5.87. The number of amides is 1. The van der Waals surface area contributed by atoms with Gasteiger partial charge in [0.2, 0.25) is 0 Å². The summed E-state index contributed by atoms with van der Waals surface area (Å²) in [6.45, 7) is 4.05. The molecule has 0 heterocycles. The number of hydrogen-bond acceptors (Lipinski definition) is 3. The Morgan fingerprint density at radius 3 is 2.35 bits per heavy atom. The van der Waals surface area contributed by atoms with E-state index < -0.39 is 6.09 Å². The van der Waals surface area contributed by atoms with E-state index in [1.165, 1.54) is 0 Å². The standard InChI is InChI=1S/C16H18N2O2/c1-11-8-14(17)9-12(2)15(11)18-16(19)20-10-13-6-4-3-5-7-13/h3-9H,10,17H2,1-2H3,(H,18,19). The van der Waals surface area contributed by atoms with E-state index in [9.17, 15) is 4.79 Å². The van der Waals surface area contributed by atoms with Gasteiger partial charge in [0.1, 0.15) is 6.61 Å². The molecule has 0 aromatic heterocycles. The summed E-state index contributed by atoms with van der Waals surface area (Å²) in [7, 11) is 0. The van der Waals surface area contributed by atoms with E-state index in [0.29, 0.717) is 5.69 Å². The normalized spacial score (nSPS) is 10.1. The van der Waals surface area contributed by atoms with Crippen LogP contribution >= 0.6 is 0 Å². The summed E-state index contributed by atoms with van der Waals surface area (Å²) in [5, 5.41) is 2.76. The number of ether oxygens (including phenoxy) is 1. The molecule has 4 heteroatoms. The molecule has 0 bridgehead atoms. The lowest BCUT2D eigenvalue weighted by Crippen LogP contribution is -2.15. The molecule has 0 radical (unpaired) electrons. The van der Waals surface area contributed by atoms with E-state index in [1.54, 1.807) is 0 Å². The minimum absolute atomic E-state index is 0.250. The lowest BCUT2D eigenvalue weighted by atomic mass is 10.1. The molecule has 20 heavy (non-hydrogen) atoms. The van der Waals surface area contributed by atoms with Crippen molar-refractivity contribution in [3.63, 3.8) is 0 Å². The minimum atomic E-state index is -0.468. The van der Waals surface area contributed by atoms with Crippen molar-refractivity contribution in [2.45, 2.75) is 20.5 Å². The molecule has 0 spiro atoms. The number of carbonyl (C=O) groups excluding carboxylic acids is 1. The molecule has 4 nitrogen and oxygen atoms in total. The van der Waals surface area contributed by atoms with Crippen molar-refractivity contribution >= 4 is 17.5 Å². The quantitative estimate of drug-likeness (QED) is 0.837. The van der Waals surface area contributed by atoms with E-state index in [1.807, 2.05) is 56.3 Å². The van der Waals surface area contributed by atoms with Gasteiger partial charge >= 0.3 is 6.09 Å². The van der Waals surface area contributed by atoms with E-state index in [-0.39, 0.29) is 6.61 Å². The molecule has 2 rings (SSSR count). The molecule has 0 aliphatic rings. The van der Waals surface area contributed by atoms with Gasteiger partial charge in [-0.1, -0.05) is 30.3 Å². The van der Waals surface area contributed by atoms with Crippen molar-refractivity contribution in [2.75, 3.05) is 11.1 Å². The number of rotatable bonds is 3. The van der Waals surface area contributed by atoms with E-state index >= 15 is 0 Å². The molecule has 104 valence electrons. The van der Waals surface area contributed by atoms with Crippen LogP contribution in [-0.4, -0.2) is 6.09 Å². The van der Waals surface area contributed by atoms with Crippen molar-refractivity contribution in [3.8, 4) is 0 Å². The first-order valence-corrected chi connectivity index (χ1v) is 6.40. The number of nitrogen functional groups attached to an aromatic ring is 1. The molecule has 0 aliphatic heterocycles. The number of hydrogen-bond donors (Lipinski definition) is 2. The van der Waals surface area contributed by atoms with Crippen LogP contribution in [-0.2, 0) is 11.3 Å². The van der Waals surface area contributed by atoms with Crippen molar-refractivity contribution in [2.24, 2.45) is 0 Å². The Bertz CT molecular complexity index is 586. The fourth-order valence-electron chi connectivity index (χ4n) is 2.06. The molecule has 2 aromatic carbocycles. The maximum Gasteiger partial charge on any atom is 0.411 e. The first-order chi connectivity index (χ1) is 9.56. The Kier molecular flexibility index (Phi) is 4.25. The van der Waals surface area contributed by atoms with Gasteiger partial charge in [0.15, 0.2) is 0 Å². The van der Waals surface area contributed by atoms with Crippen molar-refractivity contribution in [1.82, 2.24) is 0 Å². The highest BCUT2D eigenvalue weighted by atomic mass is 16.5. The van der Waals surface area contributed by atoms with Crippen LogP contribution in [0.3, 0.4) is 0 Å². The Hall–Kier alpha value is -2.49. The van der Waals surface area contributed by atoms with Crippen LogP contribution in [0.4, 0.5) is 16.2 Å². The first-order valence-electron chi connectivity index (χ1n) is 6.40. The first kappa shape index (κ1) is 13.9. The summed E-state index contributed by atoms with van der Waals surface area (Å²) in [5.41, 5.74) is 9.96. The van der Waals surface area contributed by atoms with Crippen LogP contribution in [0.2, 0.25) is 0 Å². The molecule has 0 fully saturated rings. The number of anilines is 2. The van der Waals surface area contributed by atoms with Crippen LogP contribution in [0.5, 0.6) is 0 Å². The Morgan fingerprint density at radius 1 is 1.15 bits per heavy atom. The second kappa shape index (κ2) is 6.10. The Balaban J connectivity index is 1.98. The van der Waals surface area contributed by atoms with Crippen LogP contribution in [0.15, 0.2) is 42.5 Å². The van der Waals surface area contributed by atoms with Crippen molar-refractivity contribution in [3.05, 3.63) is 59.2 Å². The lowest BCUT2D eigenvalue weighted by Gasteiger charge is -2.13. The van der Waals surface area contributed by atoms with Gasteiger partial charge in [0, 0.05) is 11.4 Å². The number of aryl methyl sites for hydroxylation is 2. The van der Waals surface area contributed by atoms with Crippen LogP contribution < -0.4 is 11.1 Å². The molecule has 0 saturated carbocycles. The van der Waals surface area contributed by atoms with Gasteiger partial charge in [0.25, 0.3) is 0 Å². The fraction of sp³-hybridized carbons (Fsp3) is 0.188. The zero-order chi connectivity index (χ0) is 14.5. The van der Waals surface area contributed by atoms with Gasteiger partial charge < -0.3 is 10.5 Å². The van der Waals surface area contributed by atoms with Gasteiger partial charge in [-0.05, 0) is 42.7 Å². The molecule has 3 N–H and O–H groups in total. The third-order valence-corrected chi connectivity index (χ3v) is 2.99. The molecular formula is C16H18N2O2. The summed E-state index contributed by atoms with van der Waals surface area (Å²) in [5.74, 6) is 0. The highest BCUT2D eigenvalue weighted by Gasteiger charge is 2.09. The summed E-state index contributed by atoms with van der Waals surface area (Å²) in [4.78, 5) is 11.8. The summed E-state index contributed by atoms with van der Waals surface area (Å²) in [6, 6.07) is 13.2. The van der Waals surface area contributed by atoms with Crippen LogP contribution in [0, 0.1) is 13.8 Å². The zero-order valence-electron chi connectivity index (χ0n) is 11.6. The van der Waals surface area contributed by atoms with Crippen molar-refractivity contribution in [1.29, 1.82) is 0 Å². The molecule has 0 atom stereocenters. The largest absolute Gasteiger partial charge is 0.444 e. The predicted octanol–water partition coefficient (Wildman–Crippen LogP) is 3.63. The van der Waals surface area contributed by atoms with E-state index in [0.717, 1.165) is 22.4 Å². The third-order valence-electron chi connectivity index (χ3n) is 2.99. The maximum absolute atomic E-state index is 11.8. The number of nitrogens with two attached hydrogens (primary N) is 1. The highest BCUT2D eigenvalue weighted by Crippen LogP contribution is 2.23. The summed E-state index contributed by atoms with van der Waals surface area (Å²) >= 11 is 0. The van der Waals surface area contributed by atoms with Crippen LogP contribution in [0.1, 0.15) is 16.7 Å². The molecule has 2 aromatic rings. The fourth-order valence-corrected chi connectivity index (χ4v) is 2.06. The predicted molar refractivity (Wildman–Crippen MR) is 80.6 cm³/mol. The second-order valence-corrected chi connectivity index (χ2v) is 4.72. The number of nitrogens with one attached hydrogen (secondary N) is 1. The van der Waals surface area contributed by atoms with Gasteiger partial charge in [0.05, 0.1) is 0 Å². The topological polar surface area (TPSA) is 64.3 Å². The third kappa shape index (κ3) is 3.51. The smallest absolute Gasteiger partial charge is 0.411 e. The van der Waals surface area contributed by atoms with Gasteiger partial charge in [-0.15, -0.1) is 0 Å². The maximum atomic E-state index is 11.8. The molecule has 0 saturated heterocycles. The van der Waals surface area contributed by atoms with Crippen molar-refractivity contribution < 1.29 is 9.53 Å². The van der Waals surface area contributed by atoms with E-state index in [2.05, 4.69) is 5.32 Å². The monoisotopic (exact) mass is 270 g/mol. The van der Waals surface area contributed by atoms with Gasteiger partial charge in [-0.2, -0.15) is 0 Å². The van der Waals surface area contributed by atoms with Gasteiger partial charge in [-0.25, -0.2) is 4.79 Å². The minimum Gasteiger partial charge on any atom is -0.444 e.